The van der Waals surface area contributed by atoms with Gasteiger partial charge in [-0.1, -0.05) is 0 Å². The molecule has 0 saturated heterocycles. The topological polar surface area (TPSA) is 0 Å². The van der Waals surface area contributed by atoms with Crippen LogP contribution in [-0.4, -0.2) is 12.3 Å². The zero-order chi connectivity index (χ0) is 14.4. The number of rotatable bonds is 6. The summed E-state index contributed by atoms with van der Waals surface area (Å²) in [6, 6.07) is 18.8. The first-order chi connectivity index (χ1) is 9.75. The summed E-state index contributed by atoms with van der Waals surface area (Å²) < 4.78 is 29.0. The van der Waals surface area contributed by atoms with Crippen LogP contribution in [0.1, 0.15) is 19.8 Å². The first kappa shape index (κ1) is 15.1. The van der Waals surface area contributed by atoms with Crippen LogP contribution < -0.4 is 10.6 Å². The first-order valence-corrected chi connectivity index (χ1v) is 9.35. The minimum absolute atomic E-state index is 0.417. The fourth-order valence-corrected chi connectivity index (χ4v) is 6.63. The van der Waals surface area contributed by atoms with Gasteiger partial charge in [-0.3, -0.25) is 0 Å². The molecule has 2 aromatic rings. The Hall–Kier alpha value is -1.27. The van der Waals surface area contributed by atoms with Crippen LogP contribution in [0.2, 0.25) is 0 Å². The molecular formula is C17H21F2P. The summed E-state index contributed by atoms with van der Waals surface area (Å²) in [7, 11) is -2.98. The van der Waals surface area contributed by atoms with Crippen LogP contribution in [0.15, 0.2) is 60.7 Å². The summed E-state index contributed by atoms with van der Waals surface area (Å²) in [6.07, 6.45) is 0.553. The Balaban J connectivity index is 2.58. The SMILES string of the molecule is CCCC(F)[PH](CF)(c1ccccc1)c1ccccc1. The first-order valence-electron chi connectivity index (χ1n) is 7.06. The fraction of sp³-hybridized carbons (Fsp3) is 0.294. The van der Waals surface area contributed by atoms with Crippen LogP contribution in [0.25, 0.3) is 0 Å². The second-order valence-corrected chi connectivity index (χ2v) is 9.08. The molecule has 20 heavy (non-hydrogen) atoms. The molecule has 2 aromatic carbocycles. The van der Waals surface area contributed by atoms with E-state index in [2.05, 4.69) is 0 Å². The molecule has 0 nitrogen and oxygen atoms in total. The van der Waals surface area contributed by atoms with Gasteiger partial charge in [-0.15, -0.1) is 0 Å². The van der Waals surface area contributed by atoms with E-state index in [1.807, 2.05) is 67.6 Å². The quantitative estimate of drug-likeness (QED) is 0.692. The number of hydrogen-bond donors (Lipinski definition) is 0. The van der Waals surface area contributed by atoms with E-state index in [9.17, 15) is 8.78 Å². The third kappa shape index (κ3) is 2.76. The van der Waals surface area contributed by atoms with Crippen molar-refractivity contribution in [2.24, 2.45) is 0 Å². The van der Waals surface area contributed by atoms with Gasteiger partial charge < -0.3 is 0 Å². The van der Waals surface area contributed by atoms with Crippen LogP contribution in [0.3, 0.4) is 0 Å². The molecule has 0 radical (unpaired) electrons. The normalized spacial score (nSPS) is 13.9. The molecule has 108 valence electrons. The fourth-order valence-electron chi connectivity index (χ4n) is 2.74. The van der Waals surface area contributed by atoms with E-state index in [-0.39, 0.29) is 0 Å². The summed E-state index contributed by atoms with van der Waals surface area (Å²) in [4.78, 5) is 0. The van der Waals surface area contributed by atoms with Crippen molar-refractivity contribution < 1.29 is 8.78 Å². The van der Waals surface area contributed by atoms with Gasteiger partial charge in [0.25, 0.3) is 0 Å². The van der Waals surface area contributed by atoms with Crippen molar-refractivity contribution in [2.75, 3.05) is 6.42 Å². The van der Waals surface area contributed by atoms with Gasteiger partial charge in [0.15, 0.2) is 0 Å². The monoisotopic (exact) mass is 294 g/mol. The van der Waals surface area contributed by atoms with Crippen molar-refractivity contribution in [1.29, 1.82) is 0 Å². The Morgan fingerprint density at radius 1 is 0.900 bits per heavy atom. The summed E-state index contributed by atoms with van der Waals surface area (Å²) in [6.45, 7) is 1.94. The van der Waals surface area contributed by atoms with Crippen LogP contribution in [0.5, 0.6) is 0 Å². The maximum absolute atomic E-state index is 14.9. The van der Waals surface area contributed by atoms with Crippen LogP contribution in [0, 0.1) is 0 Å². The van der Waals surface area contributed by atoms with Crippen molar-refractivity contribution in [2.45, 2.75) is 25.7 Å². The Bertz CT molecular complexity index is 474. The molecular weight excluding hydrogens is 273 g/mol. The van der Waals surface area contributed by atoms with Crippen molar-refractivity contribution in [3.05, 3.63) is 60.7 Å². The van der Waals surface area contributed by atoms with Crippen molar-refractivity contribution in [3.8, 4) is 0 Å². The van der Waals surface area contributed by atoms with E-state index >= 15 is 0 Å². The van der Waals surface area contributed by atoms with Crippen molar-refractivity contribution in [1.82, 2.24) is 0 Å². The van der Waals surface area contributed by atoms with Gasteiger partial charge in [-0.25, -0.2) is 0 Å². The van der Waals surface area contributed by atoms with E-state index in [0.717, 1.165) is 17.0 Å². The number of hydrogen-bond acceptors (Lipinski definition) is 0. The maximum atomic E-state index is 14.9. The molecule has 0 fully saturated rings. The van der Waals surface area contributed by atoms with Gasteiger partial charge in [0.05, 0.1) is 0 Å². The van der Waals surface area contributed by atoms with E-state index in [1.165, 1.54) is 0 Å². The molecule has 1 unspecified atom stereocenters. The molecule has 0 N–H and O–H groups in total. The zero-order valence-corrected chi connectivity index (χ0v) is 12.7. The summed E-state index contributed by atoms with van der Waals surface area (Å²) >= 11 is 0. The summed E-state index contributed by atoms with van der Waals surface area (Å²) in [5.74, 6) is -1.10. The minimum atomic E-state index is -2.98. The molecule has 2 rings (SSSR count). The molecule has 0 aliphatic heterocycles. The van der Waals surface area contributed by atoms with E-state index < -0.39 is 19.6 Å². The standard InChI is InChI=1S/C17H21F2P/c1-2-9-17(19)20(14-18,15-10-5-3-6-11-15)16-12-7-4-8-13-16/h3-8,10-13,17,20H,2,9,14H2,1H3. The number of alkyl halides is 2. The summed E-state index contributed by atoms with van der Waals surface area (Å²) in [5, 5.41) is 1.68. The average molecular weight is 294 g/mol. The molecule has 0 spiro atoms. The third-order valence-corrected chi connectivity index (χ3v) is 8.37. The van der Waals surface area contributed by atoms with Gasteiger partial charge in [-0.2, -0.15) is 0 Å². The molecule has 0 aliphatic carbocycles. The Morgan fingerprint density at radius 2 is 1.35 bits per heavy atom. The molecule has 0 heterocycles. The molecule has 0 aliphatic rings. The zero-order valence-electron chi connectivity index (χ0n) is 11.7. The van der Waals surface area contributed by atoms with Gasteiger partial charge in [0.2, 0.25) is 0 Å². The van der Waals surface area contributed by atoms with Gasteiger partial charge in [0, 0.05) is 0 Å². The van der Waals surface area contributed by atoms with Crippen LogP contribution in [-0.2, 0) is 0 Å². The average Bonchev–Trinajstić information content (AvgIpc) is 2.51. The second-order valence-electron chi connectivity index (χ2n) is 5.09. The van der Waals surface area contributed by atoms with Crippen LogP contribution in [0.4, 0.5) is 8.78 Å². The Kier molecular flexibility index (Phi) is 5.25. The Labute approximate surface area is 120 Å². The van der Waals surface area contributed by atoms with E-state index in [4.69, 9.17) is 0 Å². The number of halogens is 2. The van der Waals surface area contributed by atoms with Crippen molar-refractivity contribution in [3.63, 3.8) is 0 Å². The van der Waals surface area contributed by atoms with Gasteiger partial charge in [-0.05, 0) is 0 Å². The predicted octanol–water partition coefficient (Wildman–Crippen LogP) is 4.41. The second kappa shape index (κ2) is 6.95. The Morgan fingerprint density at radius 3 is 1.70 bits per heavy atom. The molecule has 0 bridgehead atoms. The molecule has 0 amide bonds. The summed E-state index contributed by atoms with van der Waals surface area (Å²) in [5.41, 5.74) is 0. The molecule has 3 heteroatoms. The van der Waals surface area contributed by atoms with Gasteiger partial charge in [0.1, 0.15) is 0 Å². The molecule has 1 atom stereocenters. The van der Waals surface area contributed by atoms with Gasteiger partial charge >= 0.3 is 119 Å². The van der Waals surface area contributed by atoms with Crippen LogP contribution >= 0.6 is 7.26 Å². The van der Waals surface area contributed by atoms with E-state index in [1.54, 1.807) is 0 Å². The number of benzene rings is 2. The predicted molar refractivity (Wildman–Crippen MR) is 86.2 cm³/mol. The van der Waals surface area contributed by atoms with E-state index in [0.29, 0.717) is 6.42 Å². The third-order valence-electron chi connectivity index (χ3n) is 3.87. The molecule has 0 saturated carbocycles. The molecule has 0 aromatic heterocycles. The van der Waals surface area contributed by atoms with Crippen molar-refractivity contribution >= 4 is 17.9 Å².